The summed E-state index contributed by atoms with van der Waals surface area (Å²) in [6, 6.07) is 3.24. The van der Waals surface area contributed by atoms with E-state index < -0.39 is 6.10 Å². The molecule has 0 spiro atoms. The van der Waals surface area contributed by atoms with Crippen LogP contribution >= 0.6 is 0 Å². The first-order valence-corrected chi connectivity index (χ1v) is 5.17. The Labute approximate surface area is 94.1 Å². The lowest BCUT2D eigenvalue weighted by Gasteiger charge is -2.07. The molecule has 0 bridgehead atoms. The van der Waals surface area contributed by atoms with E-state index in [1.807, 2.05) is 6.92 Å². The second-order valence-corrected chi connectivity index (χ2v) is 3.39. The number of carbonyl (C=O) groups excluding carboxylic acids is 1. The number of hydrogen-bond acceptors (Lipinski definition) is 5. The maximum Gasteiger partial charge on any atom is 0.271 e. The highest BCUT2D eigenvalue weighted by molar-refractivity contribution is 5.92. The number of nitrogens with one attached hydrogen (secondary N) is 2. The van der Waals surface area contributed by atoms with Gasteiger partial charge in [0.1, 0.15) is 5.82 Å². The van der Waals surface area contributed by atoms with Crippen molar-refractivity contribution >= 4 is 11.7 Å². The standard InChI is InChI=1S/C10H16N4O2/c1-3-11-10(16)8-4-5-9(14-13-8)12-6-7(2)15/h4-5,7,15H,3,6H2,1-2H3,(H,11,16)(H,12,14). The van der Waals surface area contributed by atoms with Crippen molar-refractivity contribution in [3.63, 3.8) is 0 Å². The largest absolute Gasteiger partial charge is 0.392 e. The Morgan fingerprint density at radius 3 is 2.75 bits per heavy atom. The molecule has 0 aliphatic rings. The summed E-state index contributed by atoms with van der Waals surface area (Å²) in [4.78, 5) is 11.3. The highest BCUT2D eigenvalue weighted by Crippen LogP contribution is 2.01. The average molecular weight is 224 g/mol. The molecule has 16 heavy (non-hydrogen) atoms. The van der Waals surface area contributed by atoms with E-state index in [1.165, 1.54) is 0 Å². The molecule has 1 atom stereocenters. The Morgan fingerprint density at radius 1 is 1.50 bits per heavy atom. The molecule has 0 aromatic carbocycles. The van der Waals surface area contributed by atoms with E-state index >= 15 is 0 Å². The zero-order valence-corrected chi connectivity index (χ0v) is 9.40. The van der Waals surface area contributed by atoms with Crippen molar-refractivity contribution in [2.45, 2.75) is 20.0 Å². The SMILES string of the molecule is CCNC(=O)c1ccc(NCC(C)O)nn1. The predicted octanol–water partition coefficient (Wildman–Crippen LogP) is 0.0190. The highest BCUT2D eigenvalue weighted by Gasteiger charge is 2.06. The maximum absolute atomic E-state index is 11.3. The van der Waals surface area contributed by atoms with Crippen molar-refractivity contribution in [2.75, 3.05) is 18.4 Å². The second kappa shape index (κ2) is 6.02. The third-order valence-electron chi connectivity index (χ3n) is 1.81. The molecular formula is C10H16N4O2. The van der Waals surface area contributed by atoms with Crippen molar-refractivity contribution < 1.29 is 9.90 Å². The molecule has 88 valence electrons. The average Bonchev–Trinajstić information content (AvgIpc) is 2.27. The molecule has 0 aliphatic carbocycles. The quantitative estimate of drug-likeness (QED) is 0.656. The third kappa shape index (κ3) is 3.82. The lowest BCUT2D eigenvalue weighted by molar-refractivity contribution is 0.0950. The molecule has 0 aliphatic heterocycles. The van der Waals surface area contributed by atoms with E-state index in [2.05, 4.69) is 20.8 Å². The summed E-state index contributed by atoms with van der Waals surface area (Å²) >= 11 is 0. The van der Waals surface area contributed by atoms with Gasteiger partial charge in [0.2, 0.25) is 0 Å². The summed E-state index contributed by atoms with van der Waals surface area (Å²) in [5, 5.41) is 22.2. The van der Waals surface area contributed by atoms with E-state index in [-0.39, 0.29) is 11.6 Å². The first-order chi connectivity index (χ1) is 7.63. The van der Waals surface area contributed by atoms with Crippen LogP contribution < -0.4 is 10.6 Å². The van der Waals surface area contributed by atoms with E-state index in [0.717, 1.165) is 0 Å². The topological polar surface area (TPSA) is 87.1 Å². The summed E-state index contributed by atoms with van der Waals surface area (Å²) in [6.45, 7) is 4.46. The number of aliphatic hydroxyl groups is 1. The molecule has 0 saturated carbocycles. The lowest BCUT2D eigenvalue weighted by Crippen LogP contribution is -2.24. The Bertz CT molecular complexity index is 337. The van der Waals surface area contributed by atoms with Crippen LogP contribution in [0.1, 0.15) is 24.3 Å². The summed E-state index contributed by atoms with van der Waals surface area (Å²) in [7, 11) is 0. The van der Waals surface area contributed by atoms with E-state index in [9.17, 15) is 4.79 Å². The normalized spacial score (nSPS) is 11.9. The fourth-order valence-corrected chi connectivity index (χ4v) is 1.05. The molecule has 3 N–H and O–H groups in total. The molecule has 0 fully saturated rings. The van der Waals surface area contributed by atoms with Crippen molar-refractivity contribution in [1.82, 2.24) is 15.5 Å². The van der Waals surface area contributed by atoms with Gasteiger partial charge in [-0.25, -0.2) is 0 Å². The number of rotatable bonds is 5. The number of nitrogens with zero attached hydrogens (tertiary/aromatic N) is 2. The zero-order chi connectivity index (χ0) is 12.0. The van der Waals surface area contributed by atoms with Gasteiger partial charge in [-0.05, 0) is 26.0 Å². The molecular weight excluding hydrogens is 208 g/mol. The molecule has 6 heteroatoms. The van der Waals surface area contributed by atoms with Gasteiger partial charge in [0, 0.05) is 13.1 Å². The van der Waals surface area contributed by atoms with Gasteiger partial charge in [0.25, 0.3) is 5.91 Å². The van der Waals surface area contributed by atoms with Gasteiger partial charge in [-0.3, -0.25) is 4.79 Å². The third-order valence-corrected chi connectivity index (χ3v) is 1.81. The number of aromatic nitrogens is 2. The van der Waals surface area contributed by atoms with Crippen LogP contribution in [0.15, 0.2) is 12.1 Å². The van der Waals surface area contributed by atoms with E-state index in [4.69, 9.17) is 5.11 Å². The van der Waals surface area contributed by atoms with Gasteiger partial charge in [-0.1, -0.05) is 0 Å². The molecule has 1 aromatic rings. The molecule has 0 saturated heterocycles. The molecule has 1 amide bonds. The Morgan fingerprint density at radius 2 is 2.25 bits per heavy atom. The van der Waals surface area contributed by atoms with Crippen LogP contribution in [0.4, 0.5) is 5.82 Å². The fraction of sp³-hybridized carbons (Fsp3) is 0.500. The molecule has 0 radical (unpaired) electrons. The van der Waals surface area contributed by atoms with Crippen molar-refractivity contribution in [3.05, 3.63) is 17.8 Å². The van der Waals surface area contributed by atoms with Crippen molar-refractivity contribution in [3.8, 4) is 0 Å². The van der Waals surface area contributed by atoms with Gasteiger partial charge < -0.3 is 15.7 Å². The number of aliphatic hydroxyl groups excluding tert-OH is 1. The van der Waals surface area contributed by atoms with Gasteiger partial charge in [0.05, 0.1) is 6.10 Å². The summed E-state index contributed by atoms with van der Waals surface area (Å²) < 4.78 is 0. The molecule has 1 unspecified atom stereocenters. The monoisotopic (exact) mass is 224 g/mol. The van der Waals surface area contributed by atoms with Crippen LogP contribution in [-0.4, -0.2) is 40.4 Å². The maximum atomic E-state index is 11.3. The highest BCUT2D eigenvalue weighted by atomic mass is 16.3. The van der Waals surface area contributed by atoms with Crippen LogP contribution in [0.25, 0.3) is 0 Å². The fourth-order valence-electron chi connectivity index (χ4n) is 1.05. The van der Waals surface area contributed by atoms with Gasteiger partial charge in [-0.15, -0.1) is 10.2 Å². The first-order valence-electron chi connectivity index (χ1n) is 5.17. The molecule has 1 rings (SSSR count). The second-order valence-electron chi connectivity index (χ2n) is 3.39. The van der Waals surface area contributed by atoms with Crippen LogP contribution in [0, 0.1) is 0 Å². The smallest absolute Gasteiger partial charge is 0.271 e. The zero-order valence-electron chi connectivity index (χ0n) is 9.40. The van der Waals surface area contributed by atoms with Gasteiger partial charge in [0.15, 0.2) is 5.69 Å². The van der Waals surface area contributed by atoms with E-state index in [1.54, 1.807) is 19.1 Å². The molecule has 6 nitrogen and oxygen atoms in total. The van der Waals surface area contributed by atoms with Crippen LogP contribution in [-0.2, 0) is 0 Å². The minimum absolute atomic E-state index is 0.239. The Hall–Kier alpha value is -1.69. The summed E-state index contributed by atoms with van der Waals surface area (Å²) in [6.07, 6.45) is -0.454. The Kier molecular flexibility index (Phi) is 4.65. The van der Waals surface area contributed by atoms with Gasteiger partial charge >= 0.3 is 0 Å². The minimum atomic E-state index is -0.454. The summed E-state index contributed by atoms with van der Waals surface area (Å²) in [5.74, 6) is 0.297. The minimum Gasteiger partial charge on any atom is -0.392 e. The van der Waals surface area contributed by atoms with Crippen LogP contribution in [0.5, 0.6) is 0 Å². The van der Waals surface area contributed by atoms with Gasteiger partial charge in [-0.2, -0.15) is 0 Å². The Balaban J connectivity index is 2.57. The predicted molar refractivity (Wildman–Crippen MR) is 60.2 cm³/mol. The number of carbonyl (C=O) groups is 1. The number of amides is 1. The lowest BCUT2D eigenvalue weighted by atomic mass is 10.3. The van der Waals surface area contributed by atoms with Crippen LogP contribution in [0.2, 0.25) is 0 Å². The van der Waals surface area contributed by atoms with Crippen molar-refractivity contribution in [1.29, 1.82) is 0 Å². The van der Waals surface area contributed by atoms with Crippen molar-refractivity contribution in [2.24, 2.45) is 0 Å². The van der Waals surface area contributed by atoms with Crippen LogP contribution in [0.3, 0.4) is 0 Å². The number of anilines is 1. The molecule has 1 heterocycles. The first kappa shape index (κ1) is 12.4. The molecule has 1 aromatic heterocycles. The van der Waals surface area contributed by atoms with E-state index in [0.29, 0.717) is 18.9 Å². The number of hydrogen-bond donors (Lipinski definition) is 3. The summed E-state index contributed by atoms with van der Waals surface area (Å²) in [5.41, 5.74) is 0.282.